The predicted octanol–water partition coefficient (Wildman–Crippen LogP) is 1.42. The zero-order chi connectivity index (χ0) is 15.3. The molecule has 1 aliphatic heterocycles. The molecule has 6 nitrogen and oxygen atoms in total. The van der Waals surface area contributed by atoms with Gasteiger partial charge in [0.2, 0.25) is 0 Å². The van der Waals surface area contributed by atoms with E-state index in [4.69, 9.17) is 5.11 Å². The molecule has 0 radical (unpaired) electrons. The number of nitrogens with zero attached hydrogens (tertiary/aromatic N) is 1. The number of aliphatic carboxylic acids is 1. The standard InChI is InChI=1S/C11H14F3NO5/c1-2-3-19-10(18)15-5-7(4-9(16)17)20-8(6-15)11(12,13)14/h2,7-8H,1,3-6H2,(H,16,17). The lowest BCUT2D eigenvalue weighted by molar-refractivity contribution is -0.251. The molecule has 1 aliphatic rings. The molecule has 114 valence electrons. The number of carboxylic acids is 1. The molecule has 0 aromatic heterocycles. The van der Waals surface area contributed by atoms with Crippen molar-refractivity contribution >= 4 is 12.1 Å². The number of amides is 1. The van der Waals surface area contributed by atoms with E-state index in [1.165, 1.54) is 6.08 Å². The second-order valence-electron chi connectivity index (χ2n) is 4.16. The van der Waals surface area contributed by atoms with E-state index in [0.717, 1.165) is 4.90 Å². The van der Waals surface area contributed by atoms with Gasteiger partial charge in [-0.3, -0.25) is 4.79 Å². The monoisotopic (exact) mass is 297 g/mol. The number of carboxylic acid groups (broad SMARTS) is 1. The molecule has 1 rings (SSSR count). The first-order valence-electron chi connectivity index (χ1n) is 5.70. The molecule has 0 spiro atoms. The normalized spacial score (nSPS) is 23.2. The molecule has 1 fully saturated rings. The van der Waals surface area contributed by atoms with E-state index < -0.39 is 43.4 Å². The third-order valence-corrected chi connectivity index (χ3v) is 2.52. The topological polar surface area (TPSA) is 76.1 Å². The van der Waals surface area contributed by atoms with E-state index >= 15 is 0 Å². The van der Waals surface area contributed by atoms with E-state index in [1.54, 1.807) is 0 Å². The number of morpholine rings is 1. The number of rotatable bonds is 4. The number of ether oxygens (including phenoxy) is 2. The average Bonchev–Trinajstić information content (AvgIpc) is 2.33. The van der Waals surface area contributed by atoms with E-state index in [2.05, 4.69) is 16.1 Å². The molecule has 2 atom stereocenters. The van der Waals surface area contributed by atoms with Gasteiger partial charge in [-0.25, -0.2) is 4.79 Å². The van der Waals surface area contributed by atoms with E-state index in [0.29, 0.717) is 0 Å². The minimum absolute atomic E-state index is 0.142. The van der Waals surface area contributed by atoms with Gasteiger partial charge < -0.3 is 19.5 Å². The van der Waals surface area contributed by atoms with Crippen LogP contribution in [-0.4, -0.2) is 60.1 Å². The Bertz CT molecular complexity index is 385. The molecule has 0 aromatic carbocycles. The van der Waals surface area contributed by atoms with Gasteiger partial charge in [-0.15, -0.1) is 0 Å². The summed E-state index contributed by atoms with van der Waals surface area (Å²) in [5.74, 6) is -1.31. The summed E-state index contributed by atoms with van der Waals surface area (Å²) in [7, 11) is 0. The number of carbonyl (C=O) groups is 2. The third-order valence-electron chi connectivity index (χ3n) is 2.52. The van der Waals surface area contributed by atoms with E-state index in [1.807, 2.05) is 0 Å². The summed E-state index contributed by atoms with van der Waals surface area (Å²) in [5.41, 5.74) is 0. The van der Waals surface area contributed by atoms with Crippen molar-refractivity contribution in [2.75, 3.05) is 19.7 Å². The molecule has 0 aromatic rings. The minimum atomic E-state index is -4.69. The van der Waals surface area contributed by atoms with Crippen LogP contribution in [-0.2, 0) is 14.3 Å². The van der Waals surface area contributed by atoms with Gasteiger partial charge in [-0.2, -0.15) is 13.2 Å². The number of carbonyl (C=O) groups excluding carboxylic acids is 1. The van der Waals surface area contributed by atoms with Gasteiger partial charge in [-0.1, -0.05) is 12.7 Å². The van der Waals surface area contributed by atoms with Crippen LogP contribution in [0.1, 0.15) is 6.42 Å². The highest BCUT2D eigenvalue weighted by Crippen LogP contribution is 2.28. The summed E-state index contributed by atoms with van der Waals surface area (Å²) in [5, 5.41) is 8.61. The largest absolute Gasteiger partial charge is 0.481 e. The van der Waals surface area contributed by atoms with Gasteiger partial charge in [-0.05, 0) is 0 Å². The fourth-order valence-electron chi connectivity index (χ4n) is 1.70. The molecule has 20 heavy (non-hydrogen) atoms. The van der Waals surface area contributed by atoms with Crippen molar-refractivity contribution in [1.29, 1.82) is 0 Å². The zero-order valence-corrected chi connectivity index (χ0v) is 10.4. The third kappa shape index (κ3) is 4.72. The van der Waals surface area contributed by atoms with Crippen LogP contribution in [0.15, 0.2) is 12.7 Å². The Labute approximate surface area is 112 Å². The fourth-order valence-corrected chi connectivity index (χ4v) is 1.70. The van der Waals surface area contributed by atoms with Crippen molar-refractivity contribution in [1.82, 2.24) is 4.90 Å². The lowest BCUT2D eigenvalue weighted by Gasteiger charge is -2.37. The molecule has 1 saturated heterocycles. The summed E-state index contributed by atoms with van der Waals surface area (Å²) in [4.78, 5) is 22.9. The van der Waals surface area contributed by atoms with Crippen LogP contribution in [0.4, 0.5) is 18.0 Å². The van der Waals surface area contributed by atoms with Crippen molar-refractivity contribution in [3.05, 3.63) is 12.7 Å². The smallest absolute Gasteiger partial charge is 0.416 e. The van der Waals surface area contributed by atoms with Gasteiger partial charge in [0, 0.05) is 0 Å². The maximum atomic E-state index is 12.7. The fraction of sp³-hybridized carbons (Fsp3) is 0.636. The quantitative estimate of drug-likeness (QED) is 0.794. The minimum Gasteiger partial charge on any atom is -0.481 e. The van der Waals surface area contributed by atoms with Crippen molar-refractivity contribution in [2.24, 2.45) is 0 Å². The molecular weight excluding hydrogens is 283 g/mol. The van der Waals surface area contributed by atoms with Crippen molar-refractivity contribution in [3.63, 3.8) is 0 Å². The maximum absolute atomic E-state index is 12.7. The molecule has 1 heterocycles. The second kappa shape index (κ2) is 6.60. The lowest BCUT2D eigenvalue weighted by Crippen LogP contribution is -2.55. The number of hydrogen-bond donors (Lipinski definition) is 1. The summed E-state index contributed by atoms with van der Waals surface area (Å²) in [6.07, 6.45) is -8.46. The number of hydrogen-bond acceptors (Lipinski definition) is 4. The van der Waals surface area contributed by atoms with Gasteiger partial charge in [0.15, 0.2) is 6.10 Å². The van der Waals surface area contributed by atoms with Crippen LogP contribution in [0.25, 0.3) is 0 Å². The second-order valence-corrected chi connectivity index (χ2v) is 4.16. The predicted molar refractivity (Wildman–Crippen MR) is 60.1 cm³/mol. The van der Waals surface area contributed by atoms with E-state index in [9.17, 15) is 22.8 Å². The molecule has 0 bridgehead atoms. The van der Waals surface area contributed by atoms with Gasteiger partial charge in [0.1, 0.15) is 6.61 Å². The summed E-state index contributed by atoms with van der Waals surface area (Å²) in [6.45, 7) is 2.17. The highest BCUT2D eigenvalue weighted by Gasteiger charge is 2.47. The van der Waals surface area contributed by atoms with E-state index in [-0.39, 0.29) is 13.2 Å². The molecule has 2 unspecified atom stereocenters. The first kappa shape index (κ1) is 16.3. The SMILES string of the molecule is C=CCOC(=O)N1CC(CC(=O)O)OC(C(F)(F)F)C1. The first-order valence-corrected chi connectivity index (χ1v) is 5.70. The van der Waals surface area contributed by atoms with Gasteiger partial charge >= 0.3 is 18.2 Å². The maximum Gasteiger partial charge on any atom is 0.416 e. The Morgan fingerprint density at radius 3 is 2.60 bits per heavy atom. The average molecular weight is 297 g/mol. The molecule has 1 N–H and O–H groups in total. The highest BCUT2D eigenvalue weighted by molar-refractivity contribution is 5.69. The van der Waals surface area contributed by atoms with Crippen LogP contribution in [0, 0.1) is 0 Å². The zero-order valence-electron chi connectivity index (χ0n) is 10.4. The Morgan fingerprint density at radius 1 is 1.45 bits per heavy atom. The van der Waals surface area contributed by atoms with Crippen molar-refractivity contribution < 1.29 is 37.3 Å². The molecule has 0 aliphatic carbocycles. The first-order chi connectivity index (χ1) is 9.24. The number of halogens is 3. The van der Waals surface area contributed by atoms with Gasteiger partial charge in [0.05, 0.1) is 25.6 Å². The van der Waals surface area contributed by atoms with Crippen LogP contribution in [0.5, 0.6) is 0 Å². The summed E-state index contributed by atoms with van der Waals surface area (Å²) in [6, 6.07) is 0. The molecule has 1 amide bonds. The summed E-state index contributed by atoms with van der Waals surface area (Å²) >= 11 is 0. The Morgan fingerprint density at radius 2 is 2.10 bits per heavy atom. The van der Waals surface area contributed by atoms with Crippen molar-refractivity contribution in [3.8, 4) is 0 Å². The van der Waals surface area contributed by atoms with Gasteiger partial charge in [0.25, 0.3) is 0 Å². The van der Waals surface area contributed by atoms with Crippen LogP contribution in [0.3, 0.4) is 0 Å². The highest BCUT2D eigenvalue weighted by atomic mass is 19.4. The molecule has 0 saturated carbocycles. The molecular formula is C11H14F3NO5. The molecule has 9 heteroatoms. The Hall–Kier alpha value is -1.77. The van der Waals surface area contributed by atoms with Crippen LogP contribution in [0.2, 0.25) is 0 Å². The Balaban J connectivity index is 2.76. The summed E-state index contributed by atoms with van der Waals surface area (Å²) < 4.78 is 47.3. The lowest BCUT2D eigenvalue weighted by atomic mass is 10.1. The Kier molecular flexibility index (Phi) is 5.37. The van der Waals surface area contributed by atoms with Crippen LogP contribution < -0.4 is 0 Å². The number of alkyl halides is 3. The van der Waals surface area contributed by atoms with Crippen molar-refractivity contribution in [2.45, 2.75) is 24.8 Å². The van der Waals surface area contributed by atoms with Crippen LogP contribution >= 0.6 is 0 Å².